The molecule has 0 fully saturated rings. The van der Waals surface area contributed by atoms with Crippen LogP contribution in [0.25, 0.3) is 0 Å². The van der Waals surface area contributed by atoms with Crippen LogP contribution in [0.5, 0.6) is 0 Å². The number of hydrogen-bond donors (Lipinski definition) is 2. The van der Waals surface area contributed by atoms with Crippen LogP contribution < -0.4 is 33.3 Å². The Morgan fingerprint density at radius 2 is 1.86 bits per heavy atom. The van der Waals surface area contributed by atoms with Gasteiger partial charge in [-0.2, -0.15) is 0 Å². The average Bonchev–Trinajstić information content (AvgIpc) is 2.67. The number of nitrogens with one attached hydrogen (secondary N) is 1. The summed E-state index contributed by atoms with van der Waals surface area (Å²) in [5.41, 5.74) is 1.17. The number of benzene rings is 1. The number of imidazole rings is 1. The first kappa shape index (κ1) is 17.9. The molecule has 0 saturated carbocycles. The second-order valence-electron chi connectivity index (χ2n) is 4.78. The maximum Gasteiger partial charge on any atom is 0.290 e. The Morgan fingerprint density at radius 3 is 2.29 bits per heavy atom. The van der Waals surface area contributed by atoms with Gasteiger partial charge < -0.3 is 29.1 Å². The third-order valence-electron chi connectivity index (χ3n) is 3.01. The van der Waals surface area contributed by atoms with Crippen molar-refractivity contribution in [2.75, 3.05) is 11.0 Å². The zero-order chi connectivity index (χ0) is 14.9. The molecule has 0 bridgehead atoms. The lowest BCUT2D eigenvalue weighted by molar-refractivity contribution is -0.681. The van der Waals surface area contributed by atoms with Gasteiger partial charge in [-0.15, -0.1) is 0 Å². The van der Waals surface area contributed by atoms with Crippen molar-refractivity contribution in [1.29, 1.82) is 0 Å². The Kier molecular flexibility index (Phi) is 5.76. The quantitative estimate of drug-likeness (QED) is 0.416. The summed E-state index contributed by atoms with van der Waals surface area (Å²) in [5, 5.41) is 10.4. The van der Waals surface area contributed by atoms with E-state index in [1.54, 1.807) is 24.3 Å². The van der Waals surface area contributed by atoms with Crippen LogP contribution in [0.3, 0.4) is 0 Å². The highest BCUT2D eigenvalue weighted by Crippen LogP contribution is 2.21. The molecule has 1 aromatic carbocycles. The Labute approximate surface area is 141 Å². The van der Waals surface area contributed by atoms with Crippen LogP contribution in [0.2, 0.25) is 0 Å². The molecule has 1 heterocycles. The summed E-state index contributed by atoms with van der Waals surface area (Å²) in [7, 11) is 0.431. The average molecular weight is 423 g/mol. The Bertz CT molecular complexity index is 691. The molecule has 0 saturated heterocycles. The van der Waals surface area contributed by atoms with E-state index in [1.807, 2.05) is 35.6 Å². The first-order valence-electron chi connectivity index (χ1n) is 6.04. The highest BCUT2D eigenvalue weighted by Gasteiger charge is 2.23. The predicted molar refractivity (Wildman–Crippen MR) is 75.6 cm³/mol. The minimum Gasteiger partial charge on any atom is -1.00 e. The molecule has 0 aliphatic rings. The second-order valence-corrected chi connectivity index (χ2v) is 6.53. The van der Waals surface area contributed by atoms with Gasteiger partial charge >= 0.3 is 0 Å². The first-order chi connectivity index (χ1) is 9.28. The fourth-order valence-corrected chi connectivity index (χ4v) is 2.65. The first-order valence-corrected chi connectivity index (χ1v) is 7.94. The van der Waals surface area contributed by atoms with Crippen LogP contribution in [-0.4, -0.2) is 24.3 Å². The standard InChI is InChI=1S/C13H18N3O3S.HI/c1-15-8-9-16(2)13(15)12(17)10-4-6-11(7-5-10)14-20(3,18)19;/h4-9,12,14,17H,1-3H3;1H/q+1;/p-1. The minimum absolute atomic E-state index is 0. The molecule has 2 aromatic rings. The monoisotopic (exact) mass is 423 g/mol. The molecule has 2 rings (SSSR count). The number of aliphatic hydroxyl groups excluding tert-OH is 1. The molecule has 0 amide bonds. The molecule has 6 nitrogen and oxygen atoms in total. The van der Waals surface area contributed by atoms with Crippen LogP contribution >= 0.6 is 0 Å². The van der Waals surface area contributed by atoms with Gasteiger partial charge in [-0.25, -0.2) is 17.6 Å². The molecule has 1 atom stereocenters. The van der Waals surface area contributed by atoms with E-state index in [0.29, 0.717) is 11.3 Å². The van der Waals surface area contributed by atoms with E-state index < -0.39 is 16.1 Å². The molecular weight excluding hydrogens is 405 g/mol. The van der Waals surface area contributed by atoms with E-state index in [-0.39, 0.29) is 24.0 Å². The number of anilines is 1. The van der Waals surface area contributed by atoms with Crippen molar-refractivity contribution in [3.63, 3.8) is 0 Å². The molecule has 1 unspecified atom stereocenters. The highest BCUT2D eigenvalue weighted by molar-refractivity contribution is 7.92. The zero-order valence-corrected chi connectivity index (χ0v) is 15.0. The fraction of sp³-hybridized carbons (Fsp3) is 0.308. The summed E-state index contributed by atoms with van der Waals surface area (Å²) in [6.45, 7) is 0. The van der Waals surface area contributed by atoms with Gasteiger partial charge in [-0.05, 0) is 17.7 Å². The van der Waals surface area contributed by atoms with Crippen molar-refractivity contribution in [2.24, 2.45) is 14.1 Å². The van der Waals surface area contributed by atoms with Crippen molar-refractivity contribution < 1.29 is 42.1 Å². The number of hydrogen-bond acceptors (Lipinski definition) is 3. The van der Waals surface area contributed by atoms with E-state index in [9.17, 15) is 13.5 Å². The van der Waals surface area contributed by atoms with E-state index in [0.717, 1.165) is 12.1 Å². The second kappa shape index (κ2) is 6.75. The third-order valence-corrected chi connectivity index (χ3v) is 3.62. The van der Waals surface area contributed by atoms with Crippen LogP contribution in [0.4, 0.5) is 5.69 Å². The number of nitrogens with zero attached hydrogens (tertiary/aromatic N) is 2. The number of aliphatic hydroxyl groups is 1. The summed E-state index contributed by atoms with van der Waals surface area (Å²) >= 11 is 0. The zero-order valence-electron chi connectivity index (χ0n) is 12.0. The van der Waals surface area contributed by atoms with Crippen LogP contribution in [0, 0.1) is 0 Å². The molecule has 0 spiro atoms. The summed E-state index contributed by atoms with van der Waals surface area (Å²) < 4.78 is 28.3. The number of sulfonamides is 1. The summed E-state index contributed by atoms with van der Waals surface area (Å²) in [6, 6.07) is 6.65. The molecule has 21 heavy (non-hydrogen) atoms. The van der Waals surface area contributed by atoms with Gasteiger partial charge in [0, 0.05) is 5.69 Å². The van der Waals surface area contributed by atoms with Gasteiger partial charge in [0.05, 0.1) is 20.4 Å². The van der Waals surface area contributed by atoms with Gasteiger partial charge in [-0.3, -0.25) is 4.72 Å². The molecule has 2 N–H and O–H groups in total. The molecule has 1 aromatic heterocycles. The summed E-state index contributed by atoms with van der Waals surface area (Å²) in [6.07, 6.45) is 4.04. The van der Waals surface area contributed by atoms with Gasteiger partial charge in [-0.1, -0.05) is 12.1 Å². The number of aromatic nitrogens is 2. The van der Waals surface area contributed by atoms with Gasteiger partial charge in [0.1, 0.15) is 12.4 Å². The van der Waals surface area contributed by atoms with E-state index in [1.165, 1.54) is 0 Å². The molecular formula is C13H18IN3O3S. The van der Waals surface area contributed by atoms with Crippen molar-refractivity contribution in [1.82, 2.24) is 4.57 Å². The van der Waals surface area contributed by atoms with Crippen molar-refractivity contribution in [2.45, 2.75) is 6.10 Å². The van der Waals surface area contributed by atoms with E-state index in [4.69, 9.17) is 0 Å². The maximum atomic E-state index is 11.1. The van der Waals surface area contributed by atoms with Crippen LogP contribution in [-0.2, 0) is 24.1 Å². The fourth-order valence-electron chi connectivity index (χ4n) is 2.08. The number of halogens is 1. The summed E-state index contributed by atoms with van der Waals surface area (Å²) in [5.74, 6) is 0.744. The van der Waals surface area contributed by atoms with Crippen molar-refractivity contribution in [3.05, 3.63) is 48.0 Å². The SMILES string of the molecule is Cn1cc[n+](C)c1C(O)c1ccc(NS(C)(=O)=O)cc1.[I-]. The summed E-state index contributed by atoms with van der Waals surface area (Å²) in [4.78, 5) is 0. The number of aryl methyl sites for hydroxylation is 2. The normalized spacial score (nSPS) is 12.6. The Balaban J connectivity index is 0.00000220. The molecule has 8 heteroatoms. The predicted octanol–water partition coefficient (Wildman–Crippen LogP) is -2.69. The lowest BCUT2D eigenvalue weighted by Gasteiger charge is -2.10. The molecule has 0 aliphatic carbocycles. The molecule has 0 aliphatic heterocycles. The van der Waals surface area contributed by atoms with Crippen LogP contribution in [0.1, 0.15) is 17.5 Å². The highest BCUT2D eigenvalue weighted by atomic mass is 127. The topological polar surface area (TPSA) is 75.2 Å². The van der Waals surface area contributed by atoms with Crippen molar-refractivity contribution in [3.8, 4) is 0 Å². The van der Waals surface area contributed by atoms with Crippen molar-refractivity contribution >= 4 is 15.7 Å². The van der Waals surface area contributed by atoms with Gasteiger partial charge in [0.15, 0.2) is 6.10 Å². The largest absolute Gasteiger partial charge is 1.00 e. The van der Waals surface area contributed by atoms with Gasteiger partial charge in [0.2, 0.25) is 10.0 Å². The maximum absolute atomic E-state index is 11.1. The van der Waals surface area contributed by atoms with E-state index >= 15 is 0 Å². The Morgan fingerprint density at radius 1 is 1.29 bits per heavy atom. The number of rotatable bonds is 4. The van der Waals surface area contributed by atoms with Gasteiger partial charge in [0.25, 0.3) is 5.82 Å². The Hall–Kier alpha value is -1.13. The molecule has 116 valence electrons. The lowest BCUT2D eigenvalue weighted by Crippen LogP contribution is -3.00. The smallest absolute Gasteiger partial charge is 0.290 e. The minimum atomic E-state index is -3.29. The van der Waals surface area contributed by atoms with E-state index in [2.05, 4.69) is 4.72 Å². The third kappa shape index (κ3) is 4.42. The van der Waals surface area contributed by atoms with Crippen LogP contribution in [0.15, 0.2) is 36.7 Å². The lowest BCUT2D eigenvalue weighted by atomic mass is 10.1. The molecule has 0 radical (unpaired) electrons.